The predicted molar refractivity (Wildman–Crippen MR) is 148 cm³/mol. The molecule has 8 heteroatoms. The van der Waals surface area contributed by atoms with E-state index >= 15 is 0 Å². The van der Waals surface area contributed by atoms with Crippen LogP contribution >= 0.6 is 0 Å². The van der Waals surface area contributed by atoms with E-state index < -0.39 is 0 Å². The fourth-order valence-electron chi connectivity index (χ4n) is 4.70. The molecular formula is C29H36N4O4. The van der Waals surface area contributed by atoms with Crippen LogP contribution < -0.4 is 15.0 Å². The number of hydrogen-bond donors (Lipinski definition) is 2. The third-order valence-electron chi connectivity index (χ3n) is 6.98. The summed E-state index contributed by atoms with van der Waals surface area (Å²) in [5.74, 6) is 0.216. The average molecular weight is 505 g/mol. The summed E-state index contributed by atoms with van der Waals surface area (Å²) in [6, 6.07) is 18.7. The lowest BCUT2D eigenvalue weighted by Crippen LogP contribution is -2.50. The molecule has 4 rings (SSSR count). The minimum absolute atomic E-state index is 0.103. The number of nitrogens with zero attached hydrogens (tertiary/aromatic N) is 3. The number of aliphatic hydroxyl groups excluding tert-OH is 1. The van der Waals surface area contributed by atoms with Gasteiger partial charge in [-0.3, -0.25) is 4.79 Å². The molecule has 0 radical (unpaired) electrons. The van der Waals surface area contributed by atoms with Gasteiger partial charge in [0, 0.05) is 39.0 Å². The van der Waals surface area contributed by atoms with Crippen molar-refractivity contribution in [3.63, 3.8) is 0 Å². The third kappa shape index (κ3) is 5.49. The van der Waals surface area contributed by atoms with Gasteiger partial charge >= 0.3 is 6.03 Å². The van der Waals surface area contributed by atoms with Crippen molar-refractivity contribution < 1.29 is 19.4 Å². The van der Waals surface area contributed by atoms with E-state index in [9.17, 15) is 14.7 Å². The number of aliphatic hydroxyl groups is 1. The standard InChI is InChI=1S/C29H36N4O4/c1-19-16-33(20(2)18-34)28(35)23-13-9-15-25(31(3)4)27(23)37-26(19)17-32(5)29(36)30-24-14-8-11-21-10-6-7-12-22(21)24/h6-15,19-20,26,34H,16-18H2,1-5H3,(H,30,36)/t19-,20+,26-/m1/s1. The average Bonchev–Trinajstić information content (AvgIpc) is 2.89. The summed E-state index contributed by atoms with van der Waals surface area (Å²) in [5.41, 5.74) is 1.98. The molecule has 3 aromatic rings. The number of rotatable bonds is 6. The van der Waals surface area contributed by atoms with Gasteiger partial charge in [0.15, 0.2) is 5.75 Å². The molecule has 1 aliphatic heterocycles. The highest BCUT2D eigenvalue weighted by Crippen LogP contribution is 2.36. The summed E-state index contributed by atoms with van der Waals surface area (Å²) < 4.78 is 6.54. The van der Waals surface area contributed by atoms with Crippen LogP contribution in [0.25, 0.3) is 10.8 Å². The van der Waals surface area contributed by atoms with Crippen molar-refractivity contribution in [2.45, 2.75) is 26.0 Å². The van der Waals surface area contributed by atoms with E-state index in [1.54, 1.807) is 22.9 Å². The zero-order valence-electron chi connectivity index (χ0n) is 22.1. The second-order valence-electron chi connectivity index (χ2n) is 10.0. The van der Waals surface area contributed by atoms with Gasteiger partial charge in [0.25, 0.3) is 5.91 Å². The van der Waals surface area contributed by atoms with Gasteiger partial charge in [-0.25, -0.2) is 4.79 Å². The molecule has 8 nitrogen and oxygen atoms in total. The highest BCUT2D eigenvalue weighted by Gasteiger charge is 2.35. The topological polar surface area (TPSA) is 85.4 Å². The molecule has 0 aromatic heterocycles. The molecule has 37 heavy (non-hydrogen) atoms. The molecule has 1 aliphatic rings. The van der Waals surface area contributed by atoms with Crippen molar-refractivity contribution in [1.82, 2.24) is 9.80 Å². The van der Waals surface area contributed by atoms with Crippen LogP contribution in [0, 0.1) is 5.92 Å². The number of anilines is 2. The molecule has 3 amide bonds. The normalized spacial score (nSPS) is 18.3. The molecule has 0 unspecified atom stereocenters. The molecule has 1 heterocycles. The monoisotopic (exact) mass is 504 g/mol. The minimum Gasteiger partial charge on any atom is -0.485 e. The Bertz CT molecular complexity index is 1270. The Hall–Kier alpha value is -3.78. The first kappa shape index (κ1) is 26.3. The van der Waals surface area contributed by atoms with E-state index in [0.29, 0.717) is 24.4 Å². The van der Waals surface area contributed by atoms with Crippen molar-refractivity contribution >= 4 is 34.1 Å². The van der Waals surface area contributed by atoms with Crippen molar-refractivity contribution in [3.05, 3.63) is 66.2 Å². The Labute approximate surface area is 218 Å². The van der Waals surface area contributed by atoms with Gasteiger partial charge in [-0.05, 0) is 30.5 Å². The van der Waals surface area contributed by atoms with E-state index in [4.69, 9.17) is 4.74 Å². The second kappa shape index (κ2) is 11.1. The SMILES string of the molecule is C[C@@H]1CN([C@@H](C)CO)C(=O)c2cccc(N(C)C)c2O[C@@H]1CN(C)C(=O)Nc1cccc2ccccc12. The molecule has 0 fully saturated rings. The van der Waals surface area contributed by atoms with Gasteiger partial charge in [-0.1, -0.05) is 49.4 Å². The molecule has 0 saturated carbocycles. The molecule has 3 aromatic carbocycles. The number of carbonyl (C=O) groups is 2. The maximum Gasteiger partial charge on any atom is 0.321 e. The zero-order chi connectivity index (χ0) is 26.7. The summed E-state index contributed by atoms with van der Waals surface area (Å²) in [6.45, 7) is 4.42. The Morgan fingerprint density at radius 2 is 1.81 bits per heavy atom. The lowest BCUT2D eigenvalue weighted by Gasteiger charge is -2.39. The number of amides is 3. The Balaban J connectivity index is 1.62. The molecule has 0 bridgehead atoms. The van der Waals surface area contributed by atoms with E-state index in [-0.39, 0.29) is 36.6 Å². The van der Waals surface area contributed by atoms with Gasteiger partial charge in [-0.2, -0.15) is 0 Å². The van der Waals surface area contributed by atoms with E-state index in [2.05, 4.69) is 5.32 Å². The van der Waals surface area contributed by atoms with Crippen molar-refractivity contribution in [1.29, 1.82) is 0 Å². The van der Waals surface area contributed by atoms with Crippen LogP contribution in [0.3, 0.4) is 0 Å². The smallest absolute Gasteiger partial charge is 0.321 e. The molecular weight excluding hydrogens is 468 g/mol. The number of fused-ring (bicyclic) bond motifs is 2. The first-order valence-electron chi connectivity index (χ1n) is 12.6. The highest BCUT2D eigenvalue weighted by atomic mass is 16.5. The van der Waals surface area contributed by atoms with Crippen LogP contribution in [0.1, 0.15) is 24.2 Å². The van der Waals surface area contributed by atoms with E-state index in [1.807, 2.05) is 87.4 Å². The van der Waals surface area contributed by atoms with Crippen LogP contribution in [-0.4, -0.2) is 79.8 Å². The summed E-state index contributed by atoms with van der Waals surface area (Å²) in [6.07, 6.45) is -0.385. The number of para-hydroxylation sites is 1. The van der Waals surface area contributed by atoms with Gasteiger partial charge in [0.1, 0.15) is 6.10 Å². The number of urea groups is 1. The van der Waals surface area contributed by atoms with Gasteiger partial charge in [0.2, 0.25) is 0 Å². The quantitative estimate of drug-likeness (QED) is 0.523. The Kier molecular flexibility index (Phi) is 7.88. The fourth-order valence-corrected chi connectivity index (χ4v) is 4.70. The van der Waals surface area contributed by atoms with Gasteiger partial charge < -0.3 is 29.9 Å². The minimum atomic E-state index is -0.385. The lowest BCUT2D eigenvalue weighted by atomic mass is 9.99. The van der Waals surface area contributed by atoms with Crippen LogP contribution in [-0.2, 0) is 0 Å². The predicted octanol–water partition coefficient (Wildman–Crippen LogP) is 4.29. The largest absolute Gasteiger partial charge is 0.485 e. The van der Waals surface area contributed by atoms with Crippen LogP contribution in [0.2, 0.25) is 0 Å². The molecule has 0 aliphatic carbocycles. The van der Waals surface area contributed by atoms with Crippen molar-refractivity contribution in [3.8, 4) is 5.75 Å². The number of nitrogens with one attached hydrogen (secondary N) is 1. The number of ether oxygens (including phenoxy) is 1. The van der Waals surface area contributed by atoms with Gasteiger partial charge in [-0.15, -0.1) is 0 Å². The molecule has 0 spiro atoms. The first-order valence-corrected chi connectivity index (χ1v) is 12.6. The molecule has 0 saturated heterocycles. The summed E-state index contributed by atoms with van der Waals surface area (Å²) in [5, 5.41) is 14.9. The number of hydrogen-bond acceptors (Lipinski definition) is 5. The summed E-state index contributed by atoms with van der Waals surface area (Å²) in [4.78, 5) is 32.0. The third-order valence-corrected chi connectivity index (χ3v) is 6.98. The Morgan fingerprint density at radius 1 is 1.11 bits per heavy atom. The maximum atomic E-state index is 13.5. The van der Waals surface area contributed by atoms with Crippen LogP contribution in [0.15, 0.2) is 60.7 Å². The number of likely N-dealkylation sites (N-methyl/N-ethyl adjacent to an activating group) is 1. The molecule has 2 N–H and O–H groups in total. The van der Waals surface area contributed by atoms with E-state index in [0.717, 1.165) is 22.1 Å². The van der Waals surface area contributed by atoms with Crippen molar-refractivity contribution in [2.24, 2.45) is 5.92 Å². The Morgan fingerprint density at radius 3 is 2.54 bits per heavy atom. The number of benzene rings is 3. The lowest BCUT2D eigenvalue weighted by molar-refractivity contribution is 0.0372. The zero-order valence-corrected chi connectivity index (χ0v) is 22.1. The van der Waals surface area contributed by atoms with Gasteiger partial charge in [0.05, 0.1) is 36.1 Å². The van der Waals surface area contributed by atoms with E-state index in [1.165, 1.54) is 0 Å². The summed E-state index contributed by atoms with van der Waals surface area (Å²) in [7, 11) is 5.55. The first-order chi connectivity index (χ1) is 17.7. The van der Waals surface area contributed by atoms with Crippen LogP contribution in [0.5, 0.6) is 5.75 Å². The van der Waals surface area contributed by atoms with Crippen molar-refractivity contribution in [2.75, 3.05) is 51.1 Å². The maximum absolute atomic E-state index is 13.5. The molecule has 3 atom stereocenters. The fraction of sp³-hybridized carbons (Fsp3) is 0.379. The highest BCUT2D eigenvalue weighted by molar-refractivity contribution is 6.01. The second-order valence-corrected chi connectivity index (χ2v) is 10.0. The number of carbonyl (C=O) groups excluding carboxylic acids is 2. The van der Waals surface area contributed by atoms with Crippen LogP contribution in [0.4, 0.5) is 16.2 Å². The molecule has 196 valence electrons. The summed E-state index contributed by atoms with van der Waals surface area (Å²) >= 11 is 0.